The van der Waals surface area contributed by atoms with Gasteiger partial charge in [-0.3, -0.25) is 0 Å². The molecule has 3 nitrogen and oxygen atoms in total. The van der Waals surface area contributed by atoms with Crippen molar-refractivity contribution in [3.05, 3.63) is 24.3 Å². The van der Waals surface area contributed by atoms with Crippen molar-refractivity contribution in [1.82, 2.24) is 10.3 Å². The predicted octanol–water partition coefficient (Wildman–Crippen LogP) is 3.89. The van der Waals surface area contributed by atoms with Gasteiger partial charge in [0.2, 0.25) is 0 Å². The van der Waals surface area contributed by atoms with Gasteiger partial charge in [0.25, 0.3) is 0 Å². The molecule has 112 valence electrons. The average molecular weight is 423 g/mol. The summed E-state index contributed by atoms with van der Waals surface area (Å²) in [5.74, 6) is 0.677. The fourth-order valence-corrected chi connectivity index (χ4v) is 3.71. The Kier molecular flexibility index (Phi) is 6.91. The second kappa shape index (κ2) is 7.73. The number of para-hydroxylation sites is 1. The van der Waals surface area contributed by atoms with Crippen LogP contribution in [0.3, 0.4) is 0 Å². The molecule has 0 saturated carbocycles. The van der Waals surface area contributed by atoms with Gasteiger partial charge >= 0.3 is 0 Å². The minimum Gasteiger partial charge on any atom is -0.348 e. The van der Waals surface area contributed by atoms with Gasteiger partial charge < -0.3 is 10.2 Å². The molecule has 0 amide bonds. The highest BCUT2D eigenvalue weighted by atomic mass is 79.9. The second-order valence-corrected chi connectivity index (χ2v) is 6.12. The summed E-state index contributed by atoms with van der Waals surface area (Å²) in [6.07, 6.45) is 1.20. The standard InChI is InChI=1S/C14H19N3S.2BrH/c1-10-9-15-8-7-12(10)17(2)14-16-11-5-3-4-6-13(11)18-14;;/h3-6,10,12,15H,7-9H2,1-2H3;2*1H/t10-,12+;;/m0../s1. The van der Waals surface area contributed by atoms with Crippen LogP contribution in [-0.2, 0) is 0 Å². The van der Waals surface area contributed by atoms with Crippen LogP contribution < -0.4 is 10.2 Å². The Balaban J connectivity index is 0.000001000. The maximum absolute atomic E-state index is 4.75. The van der Waals surface area contributed by atoms with E-state index in [1.807, 2.05) is 0 Å². The number of anilines is 1. The van der Waals surface area contributed by atoms with Crippen LogP contribution in [0.4, 0.5) is 5.13 Å². The van der Waals surface area contributed by atoms with Gasteiger partial charge in [-0.25, -0.2) is 4.98 Å². The summed E-state index contributed by atoms with van der Waals surface area (Å²) in [4.78, 5) is 7.12. The van der Waals surface area contributed by atoms with Crippen LogP contribution in [0.15, 0.2) is 24.3 Å². The summed E-state index contributed by atoms with van der Waals surface area (Å²) >= 11 is 1.80. The van der Waals surface area contributed by atoms with E-state index >= 15 is 0 Å². The number of piperidine rings is 1. The lowest BCUT2D eigenvalue weighted by Gasteiger charge is -2.36. The van der Waals surface area contributed by atoms with Crippen molar-refractivity contribution in [3.8, 4) is 0 Å². The number of nitrogens with one attached hydrogen (secondary N) is 1. The van der Waals surface area contributed by atoms with Crippen LogP contribution in [0, 0.1) is 5.92 Å². The van der Waals surface area contributed by atoms with E-state index in [0.717, 1.165) is 23.7 Å². The monoisotopic (exact) mass is 421 g/mol. The van der Waals surface area contributed by atoms with Crippen molar-refractivity contribution in [2.45, 2.75) is 19.4 Å². The molecule has 1 aliphatic rings. The Morgan fingerprint density at radius 2 is 2.05 bits per heavy atom. The smallest absolute Gasteiger partial charge is 0.186 e. The van der Waals surface area contributed by atoms with E-state index in [1.54, 1.807) is 11.3 Å². The van der Waals surface area contributed by atoms with Crippen molar-refractivity contribution in [1.29, 1.82) is 0 Å². The van der Waals surface area contributed by atoms with Crippen molar-refractivity contribution in [2.75, 3.05) is 25.0 Å². The van der Waals surface area contributed by atoms with Gasteiger partial charge in [-0.05, 0) is 37.6 Å². The molecule has 0 spiro atoms. The molecule has 0 radical (unpaired) electrons. The van der Waals surface area contributed by atoms with Crippen molar-refractivity contribution >= 4 is 60.6 Å². The highest BCUT2D eigenvalue weighted by Crippen LogP contribution is 2.31. The number of thiazole rings is 1. The van der Waals surface area contributed by atoms with Crippen molar-refractivity contribution < 1.29 is 0 Å². The summed E-state index contributed by atoms with van der Waals surface area (Å²) in [6, 6.07) is 8.98. The Bertz CT molecular complexity index is 513. The van der Waals surface area contributed by atoms with Crippen LogP contribution in [0.5, 0.6) is 0 Å². The van der Waals surface area contributed by atoms with Gasteiger partial charge in [-0.15, -0.1) is 34.0 Å². The Hall–Kier alpha value is -0.170. The number of hydrogen-bond acceptors (Lipinski definition) is 4. The minimum absolute atomic E-state index is 0. The molecule has 3 rings (SSSR count). The van der Waals surface area contributed by atoms with E-state index in [4.69, 9.17) is 4.98 Å². The summed E-state index contributed by atoms with van der Waals surface area (Å²) < 4.78 is 1.28. The number of fused-ring (bicyclic) bond motifs is 1. The van der Waals surface area contributed by atoms with E-state index in [2.05, 4.69) is 48.5 Å². The average Bonchev–Trinajstić information content (AvgIpc) is 2.82. The highest BCUT2D eigenvalue weighted by molar-refractivity contribution is 8.93. The maximum atomic E-state index is 4.75. The summed E-state index contributed by atoms with van der Waals surface area (Å²) in [5, 5.41) is 4.60. The first kappa shape index (κ1) is 17.9. The molecule has 20 heavy (non-hydrogen) atoms. The molecule has 1 aromatic carbocycles. The zero-order valence-electron chi connectivity index (χ0n) is 11.7. The van der Waals surface area contributed by atoms with E-state index in [-0.39, 0.29) is 34.0 Å². The summed E-state index contributed by atoms with van der Waals surface area (Å²) in [7, 11) is 2.18. The minimum atomic E-state index is 0. The largest absolute Gasteiger partial charge is 0.348 e. The van der Waals surface area contributed by atoms with Gasteiger partial charge in [0, 0.05) is 13.1 Å². The lowest BCUT2D eigenvalue weighted by molar-refractivity contribution is 0.339. The summed E-state index contributed by atoms with van der Waals surface area (Å²) in [5.41, 5.74) is 1.12. The van der Waals surface area contributed by atoms with Gasteiger partial charge in [-0.2, -0.15) is 0 Å². The third kappa shape index (κ3) is 3.53. The molecule has 1 fully saturated rings. The number of rotatable bonds is 2. The molecule has 6 heteroatoms. The van der Waals surface area contributed by atoms with Gasteiger partial charge in [0.1, 0.15) is 0 Å². The van der Waals surface area contributed by atoms with Crippen LogP contribution in [-0.4, -0.2) is 31.2 Å². The maximum Gasteiger partial charge on any atom is 0.186 e. The zero-order chi connectivity index (χ0) is 12.5. The van der Waals surface area contributed by atoms with Crippen LogP contribution in [0.25, 0.3) is 10.2 Å². The predicted molar refractivity (Wildman–Crippen MR) is 99.1 cm³/mol. The molecule has 1 aliphatic heterocycles. The SMILES string of the molecule is Br.Br.C[C@H]1CNCC[C@H]1N(C)c1nc2ccccc2s1. The van der Waals surface area contributed by atoms with Crippen LogP contribution >= 0.6 is 45.3 Å². The first-order valence-electron chi connectivity index (χ1n) is 6.55. The molecule has 2 heterocycles. The number of hydrogen-bond donors (Lipinski definition) is 1. The Morgan fingerprint density at radius 1 is 1.30 bits per heavy atom. The lowest BCUT2D eigenvalue weighted by Crippen LogP contribution is -2.47. The van der Waals surface area contributed by atoms with E-state index in [0.29, 0.717) is 12.0 Å². The van der Waals surface area contributed by atoms with E-state index < -0.39 is 0 Å². The Morgan fingerprint density at radius 3 is 2.75 bits per heavy atom. The van der Waals surface area contributed by atoms with Gasteiger partial charge in [0.15, 0.2) is 5.13 Å². The highest BCUT2D eigenvalue weighted by Gasteiger charge is 2.26. The van der Waals surface area contributed by atoms with E-state index in [9.17, 15) is 0 Å². The van der Waals surface area contributed by atoms with E-state index in [1.165, 1.54) is 11.1 Å². The molecule has 0 unspecified atom stereocenters. The Labute approximate surface area is 145 Å². The molecular formula is C14H21Br2N3S. The molecule has 1 aromatic heterocycles. The lowest BCUT2D eigenvalue weighted by atomic mass is 9.94. The topological polar surface area (TPSA) is 28.2 Å². The quantitative estimate of drug-likeness (QED) is 0.795. The molecule has 2 aromatic rings. The normalized spacial score (nSPS) is 21.9. The van der Waals surface area contributed by atoms with Crippen LogP contribution in [0.1, 0.15) is 13.3 Å². The van der Waals surface area contributed by atoms with Gasteiger partial charge in [-0.1, -0.05) is 30.4 Å². The molecular weight excluding hydrogens is 402 g/mol. The molecule has 2 atom stereocenters. The zero-order valence-corrected chi connectivity index (χ0v) is 15.9. The van der Waals surface area contributed by atoms with Gasteiger partial charge in [0.05, 0.1) is 10.2 Å². The first-order valence-corrected chi connectivity index (χ1v) is 7.36. The number of nitrogens with zero attached hydrogens (tertiary/aromatic N) is 2. The first-order chi connectivity index (χ1) is 8.75. The van der Waals surface area contributed by atoms with Crippen molar-refractivity contribution in [3.63, 3.8) is 0 Å². The molecule has 0 bridgehead atoms. The second-order valence-electron chi connectivity index (χ2n) is 5.11. The number of benzene rings is 1. The third-order valence-corrected chi connectivity index (χ3v) is 4.95. The van der Waals surface area contributed by atoms with Crippen LogP contribution in [0.2, 0.25) is 0 Å². The fraction of sp³-hybridized carbons (Fsp3) is 0.500. The number of aromatic nitrogens is 1. The van der Waals surface area contributed by atoms with Crippen molar-refractivity contribution in [2.24, 2.45) is 5.92 Å². The fourth-order valence-electron chi connectivity index (χ4n) is 2.73. The molecule has 0 aliphatic carbocycles. The molecule has 1 saturated heterocycles. The number of halogens is 2. The summed E-state index contributed by atoms with van der Waals surface area (Å²) in [6.45, 7) is 4.55. The third-order valence-electron chi connectivity index (χ3n) is 3.82. The molecule has 1 N–H and O–H groups in total.